The Hall–Kier alpha value is -1.87. The summed E-state index contributed by atoms with van der Waals surface area (Å²) in [5, 5.41) is 0.579. The van der Waals surface area contributed by atoms with Crippen LogP contribution in [0.1, 0.15) is 27.2 Å². The number of carbonyl (C=O) groups is 1. The van der Waals surface area contributed by atoms with Crippen molar-refractivity contribution in [2.24, 2.45) is 0 Å². The van der Waals surface area contributed by atoms with E-state index in [0.717, 1.165) is 0 Å². The van der Waals surface area contributed by atoms with Crippen LogP contribution in [0.4, 0.5) is 0 Å². The van der Waals surface area contributed by atoms with E-state index in [4.69, 9.17) is 0 Å². The zero-order valence-corrected chi connectivity index (χ0v) is 17.9. The van der Waals surface area contributed by atoms with Gasteiger partial charge in [0.1, 0.15) is 0 Å². The summed E-state index contributed by atoms with van der Waals surface area (Å²) >= 11 is 1.25. The van der Waals surface area contributed by atoms with E-state index in [1.54, 1.807) is 34.6 Å². The lowest BCUT2D eigenvalue weighted by molar-refractivity contribution is -0.131. The van der Waals surface area contributed by atoms with Gasteiger partial charge in [0.05, 0.1) is 27.7 Å². The minimum absolute atomic E-state index is 0.0257. The monoisotopic (exact) mass is 423 g/mol. The first-order valence-corrected chi connectivity index (χ1v) is 12.1. The maximum atomic E-state index is 13.0. The van der Waals surface area contributed by atoms with E-state index in [1.807, 2.05) is 19.9 Å². The molecule has 2 heterocycles. The first kappa shape index (κ1) is 20.9. The van der Waals surface area contributed by atoms with Crippen LogP contribution in [-0.2, 0) is 21.2 Å². The molecule has 1 fully saturated rings. The van der Waals surface area contributed by atoms with Crippen LogP contribution in [0.25, 0.3) is 10.9 Å². The van der Waals surface area contributed by atoms with Crippen molar-refractivity contribution >= 4 is 38.4 Å². The van der Waals surface area contributed by atoms with Gasteiger partial charge >= 0.3 is 0 Å². The van der Waals surface area contributed by atoms with Crippen molar-refractivity contribution in [3.8, 4) is 0 Å². The molecule has 0 aliphatic carbocycles. The molecule has 28 heavy (non-hydrogen) atoms. The molecule has 1 amide bonds. The molecule has 1 aliphatic rings. The number of fused-ring (bicyclic) bond motifs is 1. The van der Waals surface area contributed by atoms with Crippen molar-refractivity contribution in [3.63, 3.8) is 0 Å². The van der Waals surface area contributed by atoms with Gasteiger partial charge in [0.2, 0.25) is 5.91 Å². The number of aromatic nitrogens is 2. The van der Waals surface area contributed by atoms with Crippen molar-refractivity contribution in [1.29, 1.82) is 0 Å². The van der Waals surface area contributed by atoms with Crippen molar-refractivity contribution in [2.45, 2.75) is 50.2 Å². The zero-order chi connectivity index (χ0) is 20.5. The molecule has 0 N–H and O–H groups in total. The lowest BCUT2D eigenvalue weighted by Gasteiger charge is -2.29. The third-order valence-electron chi connectivity index (χ3n) is 5.05. The molecule has 152 valence electrons. The summed E-state index contributed by atoms with van der Waals surface area (Å²) in [6.07, 6.45) is 0.479. The highest BCUT2D eigenvalue weighted by atomic mass is 32.2. The van der Waals surface area contributed by atoms with Crippen molar-refractivity contribution in [1.82, 2.24) is 14.5 Å². The fraction of sp³-hybridized carbons (Fsp3) is 0.526. The average Bonchev–Trinajstić information content (AvgIpc) is 3.02. The molecule has 9 heteroatoms. The molecular weight excluding hydrogens is 398 g/mol. The van der Waals surface area contributed by atoms with E-state index in [2.05, 4.69) is 4.98 Å². The van der Waals surface area contributed by atoms with E-state index in [9.17, 15) is 18.0 Å². The van der Waals surface area contributed by atoms with Crippen LogP contribution in [0.2, 0.25) is 0 Å². The maximum absolute atomic E-state index is 13.0. The van der Waals surface area contributed by atoms with Gasteiger partial charge in [-0.3, -0.25) is 14.2 Å². The lowest BCUT2D eigenvalue weighted by Crippen LogP contribution is -2.44. The number of benzene rings is 1. The number of rotatable bonds is 6. The van der Waals surface area contributed by atoms with Gasteiger partial charge < -0.3 is 4.90 Å². The Kier molecular flexibility index (Phi) is 6.14. The molecule has 3 rings (SSSR count). The molecular formula is C19H25N3O4S2. The second kappa shape index (κ2) is 8.24. The summed E-state index contributed by atoms with van der Waals surface area (Å²) < 4.78 is 25.2. The summed E-state index contributed by atoms with van der Waals surface area (Å²) in [6.45, 7) is 6.42. The van der Waals surface area contributed by atoms with Crippen molar-refractivity contribution in [2.75, 3.05) is 18.1 Å². The number of hydrogen-bond acceptors (Lipinski definition) is 6. The van der Waals surface area contributed by atoms with Gasteiger partial charge in [0.25, 0.3) is 5.56 Å². The summed E-state index contributed by atoms with van der Waals surface area (Å²) in [5.41, 5.74) is 0.484. The van der Waals surface area contributed by atoms with Crippen molar-refractivity contribution in [3.05, 3.63) is 34.6 Å². The summed E-state index contributed by atoms with van der Waals surface area (Å²) in [4.78, 5) is 32.0. The van der Waals surface area contributed by atoms with Gasteiger partial charge in [-0.25, -0.2) is 13.4 Å². The average molecular weight is 424 g/mol. The first-order valence-electron chi connectivity index (χ1n) is 9.44. The quantitative estimate of drug-likeness (QED) is 0.521. The van der Waals surface area contributed by atoms with E-state index in [0.29, 0.717) is 35.6 Å². The normalized spacial score (nSPS) is 19.6. The maximum Gasteiger partial charge on any atom is 0.262 e. The molecule has 0 unspecified atom stereocenters. The van der Waals surface area contributed by atoms with Crippen LogP contribution >= 0.6 is 11.8 Å². The number of nitrogens with zero attached hydrogens (tertiary/aromatic N) is 3. The molecule has 1 aromatic heterocycles. The van der Waals surface area contributed by atoms with E-state index in [1.165, 1.54) is 11.8 Å². The zero-order valence-electron chi connectivity index (χ0n) is 16.3. The van der Waals surface area contributed by atoms with E-state index >= 15 is 0 Å². The second-order valence-electron chi connectivity index (χ2n) is 6.90. The molecule has 2 aromatic rings. The van der Waals surface area contributed by atoms with Gasteiger partial charge in [-0.05, 0) is 39.3 Å². The van der Waals surface area contributed by atoms with Gasteiger partial charge in [-0.2, -0.15) is 0 Å². The molecule has 2 atom stereocenters. The van der Waals surface area contributed by atoms with Gasteiger partial charge in [-0.15, -0.1) is 0 Å². The predicted octanol–water partition coefficient (Wildman–Crippen LogP) is 1.93. The van der Waals surface area contributed by atoms with Crippen LogP contribution in [0.3, 0.4) is 0 Å². The Morgan fingerprint density at radius 3 is 2.68 bits per heavy atom. The highest BCUT2D eigenvalue weighted by Crippen LogP contribution is 2.26. The topological polar surface area (TPSA) is 89.3 Å². The van der Waals surface area contributed by atoms with Gasteiger partial charge in [-0.1, -0.05) is 23.9 Å². The third kappa shape index (κ3) is 4.10. The number of carbonyl (C=O) groups excluding carboxylic acids is 1. The van der Waals surface area contributed by atoms with Crippen LogP contribution in [0, 0.1) is 0 Å². The molecule has 0 bridgehead atoms. The molecule has 0 saturated carbocycles. The van der Waals surface area contributed by atoms with Gasteiger partial charge in [0, 0.05) is 19.1 Å². The van der Waals surface area contributed by atoms with Crippen molar-refractivity contribution < 1.29 is 13.2 Å². The third-order valence-corrected chi connectivity index (χ3v) is 7.87. The van der Waals surface area contributed by atoms with Crippen LogP contribution in [0.15, 0.2) is 34.2 Å². The molecule has 0 radical (unpaired) electrons. The van der Waals surface area contributed by atoms with Crippen LogP contribution < -0.4 is 5.56 Å². The number of amides is 1. The minimum atomic E-state index is -3.07. The number of hydrogen-bond donors (Lipinski definition) is 0. The second-order valence-corrected chi connectivity index (χ2v) is 10.4. The summed E-state index contributed by atoms with van der Waals surface area (Å²) in [7, 11) is -3.07. The first-order chi connectivity index (χ1) is 13.3. The standard InChI is InChI=1S/C19H25N3O4S2/c1-4-21(14-10-11-28(25,26)12-14)17(23)13(3)27-19-20-16-9-7-6-8-15(16)18(24)22(19)5-2/h6-9,13-14H,4-5,10-12H2,1-3H3/t13-,14+/m0/s1. The Morgan fingerprint density at radius 1 is 1.36 bits per heavy atom. The van der Waals surface area contributed by atoms with E-state index < -0.39 is 15.1 Å². The fourth-order valence-electron chi connectivity index (χ4n) is 3.57. The van der Waals surface area contributed by atoms with E-state index in [-0.39, 0.29) is 29.0 Å². The Morgan fingerprint density at radius 2 is 2.07 bits per heavy atom. The summed E-state index contributed by atoms with van der Waals surface area (Å²) in [6, 6.07) is 6.89. The number of thioether (sulfide) groups is 1. The minimum Gasteiger partial charge on any atom is -0.338 e. The molecule has 1 saturated heterocycles. The Balaban J connectivity index is 1.86. The highest BCUT2D eigenvalue weighted by molar-refractivity contribution is 8.00. The predicted molar refractivity (Wildman–Crippen MR) is 111 cm³/mol. The molecule has 1 aliphatic heterocycles. The SMILES string of the molecule is CCN(C(=O)[C@H](C)Sc1nc2ccccc2c(=O)n1CC)[C@@H]1CCS(=O)(=O)C1. The fourth-order valence-corrected chi connectivity index (χ4v) is 6.35. The largest absolute Gasteiger partial charge is 0.338 e. The molecule has 0 spiro atoms. The number of para-hydroxylation sites is 1. The van der Waals surface area contributed by atoms with Crippen LogP contribution in [0.5, 0.6) is 0 Å². The molecule has 7 nitrogen and oxygen atoms in total. The Labute approximate surface area is 169 Å². The lowest BCUT2D eigenvalue weighted by atomic mass is 10.2. The molecule has 1 aromatic carbocycles. The summed E-state index contributed by atoms with van der Waals surface area (Å²) in [5.74, 6) is 0.0299. The Bertz CT molecular complexity index is 1050. The van der Waals surface area contributed by atoms with Crippen LogP contribution in [-0.4, -0.2) is 58.1 Å². The number of sulfone groups is 1. The highest BCUT2D eigenvalue weighted by Gasteiger charge is 2.35. The van der Waals surface area contributed by atoms with Gasteiger partial charge in [0.15, 0.2) is 15.0 Å². The smallest absolute Gasteiger partial charge is 0.262 e.